The highest BCUT2D eigenvalue weighted by molar-refractivity contribution is 7.16. The number of halogens is 1. The van der Waals surface area contributed by atoms with E-state index < -0.39 is 0 Å². The van der Waals surface area contributed by atoms with E-state index in [1.54, 1.807) is 11.3 Å². The van der Waals surface area contributed by atoms with Crippen LogP contribution in [-0.4, -0.2) is 0 Å². The molecule has 1 nitrogen and oxygen atoms in total. The summed E-state index contributed by atoms with van der Waals surface area (Å²) in [5, 5.41) is 4.10. The zero-order valence-electron chi connectivity index (χ0n) is 6.74. The number of hydrogen-bond acceptors (Lipinski definition) is 3. The van der Waals surface area contributed by atoms with Crippen molar-refractivity contribution in [3.05, 3.63) is 43.7 Å². The predicted octanol–water partition coefficient (Wildman–Crippen LogP) is 3.51. The van der Waals surface area contributed by atoms with Crippen LogP contribution in [0.25, 0.3) is 0 Å². The van der Waals surface area contributed by atoms with Crippen molar-refractivity contribution >= 4 is 34.3 Å². The van der Waals surface area contributed by atoms with Gasteiger partial charge in [-0.3, -0.25) is 0 Å². The topological polar surface area (TPSA) is 26.0 Å². The van der Waals surface area contributed by atoms with Crippen molar-refractivity contribution in [2.45, 2.75) is 6.04 Å². The van der Waals surface area contributed by atoms with E-state index >= 15 is 0 Å². The molecule has 2 rings (SSSR count). The molecule has 4 heteroatoms. The molecule has 0 amide bonds. The summed E-state index contributed by atoms with van der Waals surface area (Å²) < 4.78 is 0.792. The third-order valence-electron chi connectivity index (χ3n) is 1.80. The van der Waals surface area contributed by atoms with E-state index in [9.17, 15) is 0 Å². The Labute approximate surface area is 89.8 Å². The maximum absolute atomic E-state index is 6.03. The van der Waals surface area contributed by atoms with Gasteiger partial charge < -0.3 is 5.73 Å². The molecular weight excluding hydrogens is 222 g/mol. The van der Waals surface area contributed by atoms with Crippen LogP contribution in [0.15, 0.2) is 29.0 Å². The fraction of sp³-hybridized carbons (Fsp3) is 0.111. The zero-order valence-corrected chi connectivity index (χ0v) is 9.12. The van der Waals surface area contributed by atoms with Crippen LogP contribution in [0.5, 0.6) is 0 Å². The molecule has 0 aliphatic heterocycles. The molecule has 0 saturated heterocycles. The van der Waals surface area contributed by atoms with Crippen molar-refractivity contribution in [2.24, 2.45) is 5.73 Å². The Morgan fingerprint density at radius 2 is 2.15 bits per heavy atom. The van der Waals surface area contributed by atoms with E-state index in [0.29, 0.717) is 0 Å². The molecule has 2 aromatic heterocycles. The van der Waals surface area contributed by atoms with Gasteiger partial charge in [0.15, 0.2) is 0 Å². The second-order valence-electron chi connectivity index (χ2n) is 2.68. The average molecular weight is 230 g/mol. The van der Waals surface area contributed by atoms with Crippen LogP contribution in [-0.2, 0) is 0 Å². The number of nitrogens with two attached hydrogens (primary N) is 1. The summed E-state index contributed by atoms with van der Waals surface area (Å²) in [6.07, 6.45) is 0. The molecule has 0 fully saturated rings. The molecule has 0 spiro atoms. The van der Waals surface area contributed by atoms with E-state index in [2.05, 4.69) is 5.38 Å². The molecule has 0 aliphatic carbocycles. The summed E-state index contributed by atoms with van der Waals surface area (Å²) in [5.41, 5.74) is 7.19. The van der Waals surface area contributed by atoms with Crippen molar-refractivity contribution in [2.75, 3.05) is 0 Å². The van der Waals surface area contributed by atoms with Crippen LogP contribution in [0, 0.1) is 0 Å². The maximum Gasteiger partial charge on any atom is 0.0931 e. The van der Waals surface area contributed by atoms with Crippen LogP contribution in [0.4, 0.5) is 0 Å². The molecule has 0 saturated carbocycles. The minimum absolute atomic E-state index is 0.0243. The number of hydrogen-bond donors (Lipinski definition) is 1. The van der Waals surface area contributed by atoms with E-state index in [0.717, 1.165) is 14.8 Å². The van der Waals surface area contributed by atoms with Gasteiger partial charge in [0, 0.05) is 4.88 Å². The second-order valence-corrected chi connectivity index (χ2v) is 5.20. The van der Waals surface area contributed by atoms with Gasteiger partial charge >= 0.3 is 0 Å². The molecule has 0 aliphatic rings. The first-order chi connectivity index (χ1) is 6.27. The van der Waals surface area contributed by atoms with E-state index in [-0.39, 0.29) is 6.04 Å². The molecule has 1 atom stereocenters. The van der Waals surface area contributed by atoms with Crippen molar-refractivity contribution in [1.29, 1.82) is 0 Å². The van der Waals surface area contributed by atoms with Crippen LogP contribution in [0.2, 0.25) is 4.34 Å². The second kappa shape index (κ2) is 3.80. The number of thiophene rings is 2. The molecule has 0 aromatic carbocycles. The third kappa shape index (κ3) is 1.94. The van der Waals surface area contributed by atoms with E-state index in [1.165, 1.54) is 11.3 Å². The monoisotopic (exact) mass is 229 g/mol. The highest BCUT2D eigenvalue weighted by atomic mass is 35.5. The summed E-state index contributed by atoms with van der Waals surface area (Å²) in [7, 11) is 0. The van der Waals surface area contributed by atoms with Crippen molar-refractivity contribution in [3.8, 4) is 0 Å². The molecule has 0 radical (unpaired) electrons. The molecule has 68 valence electrons. The maximum atomic E-state index is 6.03. The van der Waals surface area contributed by atoms with Gasteiger partial charge in [-0.2, -0.15) is 11.3 Å². The first-order valence-corrected chi connectivity index (χ1v) is 5.94. The summed E-state index contributed by atoms with van der Waals surface area (Å²) in [6, 6.07) is 5.88. The van der Waals surface area contributed by atoms with Crippen LogP contribution < -0.4 is 5.73 Å². The highest BCUT2D eigenvalue weighted by Gasteiger charge is 2.10. The normalized spacial score (nSPS) is 13.1. The first-order valence-electron chi connectivity index (χ1n) is 3.80. The Balaban J connectivity index is 2.28. The van der Waals surface area contributed by atoms with Crippen molar-refractivity contribution < 1.29 is 0 Å². The predicted molar refractivity (Wildman–Crippen MR) is 59.7 cm³/mol. The molecule has 2 N–H and O–H groups in total. The van der Waals surface area contributed by atoms with Crippen molar-refractivity contribution in [3.63, 3.8) is 0 Å². The number of rotatable bonds is 2. The van der Waals surface area contributed by atoms with Crippen LogP contribution in [0.1, 0.15) is 16.5 Å². The largest absolute Gasteiger partial charge is 0.320 e. The smallest absolute Gasteiger partial charge is 0.0931 e. The zero-order chi connectivity index (χ0) is 9.26. The Hall–Kier alpha value is -0.350. The van der Waals surface area contributed by atoms with Crippen LogP contribution in [0.3, 0.4) is 0 Å². The van der Waals surface area contributed by atoms with Gasteiger partial charge in [0.25, 0.3) is 0 Å². The summed E-state index contributed by atoms with van der Waals surface area (Å²) in [5.74, 6) is 0. The summed E-state index contributed by atoms with van der Waals surface area (Å²) >= 11 is 9.03. The van der Waals surface area contributed by atoms with Gasteiger partial charge in [0.2, 0.25) is 0 Å². The quantitative estimate of drug-likeness (QED) is 0.838. The van der Waals surface area contributed by atoms with Crippen molar-refractivity contribution in [1.82, 2.24) is 0 Å². The molecular formula is C9H8ClNS2. The minimum atomic E-state index is -0.0243. The Bertz CT molecular complexity index is 380. The summed E-state index contributed by atoms with van der Waals surface area (Å²) in [6.45, 7) is 0. The lowest BCUT2D eigenvalue weighted by Gasteiger charge is -2.05. The fourth-order valence-corrected chi connectivity index (χ4v) is 2.90. The van der Waals surface area contributed by atoms with Gasteiger partial charge in [-0.05, 0) is 34.5 Å². The molecule has 0 bridgehead atoms. The SMILES string of the molecule is NC(c1ccsc1)c1ccc(Cl)s1. The molecule has 2 aromatic rings. The van der Waals surface area contributed by atoms with Gasteiger partial charge in [-0.15, -0.1) is 11.3 Å². The lowest BCUT2D eigenvalue weighted by atomic mass is 10.1. The lowest BCUT2D eigenvalue weighted by Crippen LogP contribution is -2.08. The minimum Gasteiger partial charge on any atom is -0.320 e. The van der Waals surface area contributed by atoms with E-state index in [4.69, 9.17) is 17.3 Å². The average Bonchev–Trinajstić information content (AvgIpc) is 2.72. The molecule has 2 heterocycles. The van der Waals surface area contributed by atoms with Gasteiger partial charge in [-0.1, -0.05) is 11.6 Å². The highest BCUT2D eigenvalue weighted by Crippen LogP contribution is 2.30. The standard InChI is InChI=1S/C9H8ClNS2/c10-8-2-1-7(13-8)9(11)6-3-4-12-5-6/h1-5,9H,11H2. The molecule has 13 heavy (non-hydrogen) atoms. The lowest BCUT2D eigenvalue weighted by molar-refractivity contribution is 0.899. The van der Waals surface area contributed by atoms with E-state index in [1.807, 2.05) is 23.6 Å². The van der Waals surface area contributed by atoms with Gasteiger partial charge in [-0.25, -0.2) is 0 Å². The first kappa shape index (κ1) is 9.21. The third-order valence-corrected chi connectivity index (χ3v) is 3.82. The summed E-state index contributed by atoms with van der Waals surface area (Å²) in [4.78, 5) is 1.11. The Kier molecular flexibility index (Phi) is 2.69. The van der Waals surface area contributed by atoms with Gasteiger partial charge in [0.05, 0.1) is 10.4 Å². The fourth-order valence-electron chi connectivity index (χ4n) is 1.11. The Morgan fingerprint density at radius 3 is 2.69 bits per heavy atom. The van der Waals surface area contributed by atoms with Crippen LogP contribution >= 0.6 is 34.3 Å². The van der Waals surface area contributed by atoms with Gasteiger partial charge in [0.1, 0.15) is 0 Å². The molecule has 1 unspecified atom stereocenters. The Morgan fingerprint density at radius 1 is 1.31 bits per heavy atom.